The number of hydrogen-bond donors (Lipinski definition) is 1. The van der Waals surface area contributed by atoms with E-state index in [9.17, 15) is 19.3 Å². The molecule has 10 heteroatoms. The van der Waals surface area contributed by atoms with Crippen LogP contribution in [0.1, 0.15) is 10.6 Å². The molecule has 0 aliphatic heterocycles. The van der Waals surface area contributed by atoms with Gasteiger partial charge in [-0.2, -0.15) is 0 Å². The molecule has 4 rings (SSSR count). The normalized spacial score (nSPS) is 10.6. The van der Waals surface area contributed by atoms with Gasteiger partial charge in [-0.1, -0.05) is 6.07 Å². The van der Waals surface area contributed by atoms with Crippen LogP contribution in [0.2, 0.25) is 0 Å². The van der Waals surface area contributed by atoms with Crippen molar-refractivity contribution in [1.82, 2.24) is 14.8 Å². The second kappa shape index (κ2) is 8.64. The van der Waals surface area contributed by atoms with Gasteiger partial charge >= 0.3 is 0 Å². The van der Waals surface area contributed by atoms with E-state index in [4.69, 9.17) is 4.74 Å². The number of nitro benzene ring substituents is 1. The smallest absolute Gasteiger partial charge is 0.295 e. The third-order valence-electron chi connectivity index (χ3n) is 4.54. The van der Waals surface area contributed by atoms with Crippen LogP contribution in [-0.4, -0.2) is 32.7 Å². The summed E-state index contributed by atoms with van der Waals surface area (Å²) in [5, 5.41) is 17.8. The van der Waals surface area contributed by atoms with E-state index in [0.717, 1.165) is 0 Å². The van der Waals surface area contributed by atoms with Gasteiger partial charge in [0.25, 0.3) is 11.6 Å². The second-order valence-corrected chi connectivity index (χ2v) is 6.64. The number of non-ortho nitro benzene ring substituents is 1. The molecular formula is C22H16FN5O4. The zero-order valence-corrected chi connectivity index (χ0v) is 16.7. The minimum Gasteiger partial charge on any atom is -0.497 e. The Labute approximate surface area is 181 Å². The van der Waals surface area contributed by atoms with Gasteiger partial charge < -0.3 is 10.1 Å². The molecule has 0 unspecified atom stereocenters. The summed E-state index contributed by atoms with van der Waals surface area (Å²) in [4.78, 5) is 27.5. The van der Waals surface area contributed by atoms with Crippen molar-refractivity contribution in [3.8, 4) is 22.8 Å². The van der Waals surface area contributed by atoms with Crippen molar-refractivity contribution in [2.24, 2.45) is 0 Å². The number of methoxy groups -OCH3 is 1. The summed E-state index contributed by atoms with van der Waals surface area (Å²) in [7, 11) is 1.55. The number of halogens is 1. The van der Waals surface area contributed by atoms with Crippen LogP contribution in [0, 0.1) is 15.9 Å². The van der Waals surface area contributed by atoms with E-state index in [1.165, 1.54) is 53.2 Å². The highest BCUT2D eigenvalue weighted by Crippen LogP contribution is 2.24. The van der Waals surface area contributed by atoms with Crippen molar-refractivity contribution in [1.29, 1.82) is 0 Å². The van der Waals surface area contributed by atoms with E-state index in [1.54, 1.807) is 31.4 Å². The lowest BCUT2D eigenvalue weighted by atomic mass is 10.2. The molecule has 1 aromatic heterocycles. The lowest BCUT2D eigenvalue weighted by molar-refractivity contribution is -0.384. The van der Waals surface area contributed by atoms with Crippen LogP contribution in [-0.2, 0) is 0 Å². The number of anilines is 1. The quantitative estimate of drug-likeness (QED) is 0.359. The maximum absolute atomic E-state index is 13.4. The first-order valence-corrected chi connectivity index (χ1v) is 9.38. The number of amides is 1. The molecule has 0 aliphatic rings. The average Bonchev–Trinajstić information content (AvgIpc) is 3.25. The van der Waals surface area contributed by atoms with Crippen molar-refractivity contribution >= 4 is 17.3 Å². The Balaban J connectivity index is 1.72. The van der Waals surface area contributed by atoms with Gasteiger partial charge in [0, 0.05) is 23.4 Å². The Morgan fingerprint density at radius 3 is 2.47 bits per heavy atom. The van der Waals surface area contributed by atoms with Gasteiger partial charge in [-0.15, -0.1) is 5.10 Å². The zero-order valence-electron chi connectivity index (χ0n) is 16.7. The highest BCUT2D eigenvalue weighted by molar-refractivity contribution is 6.02. The van der Waals surface area contributed by atoms with Gasteiger partial charge in [-0.05, 0) is 54.6 Å². The van der Waals surface area contributed by atoms with Gasteiger partial charge in [0.2, 0.25) is 5.82 Å². The van der Waals surface area contributed by atoms with Crippen molar-refractivity contribution in [3.63, 3.8) is 0 Å². The first kappa shape index (κ1) is 20.7. The summed E-state index contributed by atoms with van der Waals surface area (Å²) in [6.07, 6.45) is 0. The van der Waals surface area contributed by atoms with Crippen molar-refractivity contribution < 1.29 is 18.8 Å². The van der Waals surface area contributed by atoms with Crippen LogP contribution in [0.15, 0.2) is 72.8 Å². The Morgan fingerprint density at radius 2 is 1.81 bits per heavy atom. The van der Waals surface area contributed by atoms with E-state index in [2.05, 4.69) is 15.4 Å². The number of benzene rings is 3. The number of nitro groups is 1. The third-order valence-corrected chi connectivity index (χ3v) is 4.54. The van der Waals surface area contributed by atoms with Crippen LogP contribution in [0.5, 0.6) is 5.75 Å². The molecule has 1 heterocycles. The Kier molecular flexibility index (Phi) is 5.58. The Bertz CT molecular complexity index is 1290. The number of carbonyl (C=O) groups is 1. The fraction of sp³-hybridized carbons (Fsp3) is 0.0455. The zero-order chi connectivity index (χ0) is 22.7. The van der Waals surface area contributed by atoms with Crippen LogP contribution in [0.3, 0.4) is 0 Å². The highest BCUT2D eigenvalue weighted by atomic mass is 19.1. The van der Waals surface area contributed by atoms with Crippen LogP contribution >= 0.6 is 0 Å². The molecule has 3 aromatic carbocycles. The molecule has 0 saturated carbocycles. The fourth-order valence-electron chi connectivity index (χ4n) is 2.98. The summed E-state index contributed by atoms with van der Waals surface area (Å²) >= 11 is 0. The minimum absolute atomic E-state index is 0.161. The molecule has 0 fully saturated rings. The minimum atomic E-state index is -0.652. The second-order valence-electron chi connectivity index (χ2n) is 6.64. The number of aromatic nitrogens is 3. The SMILES string of the molecule is COc1ccc(-n2nc(C(=O)Nc3cccc([N+](=O)[O-])c3)nc2-c2ccc(F)cc2)cc1. The van der Waals surface area contributed by atoms with E-state index < -0.39 is 16.6 Å². The van der Waals surface area contributed by atoms with Crippen molar-refractivity contribution in [3.05, 3.63) is 94.6 Å². The van der Waals surface area contributed by atoms with Crippen LogP contribution in [0.4, 0.5) is 15.8 Å². The summed E-state index contributed by atoms with van der Waals surface area (Å²) < 4.78 is 20.0. The van der Waals surface area contributed by atoms with Crippen molar-refractivity contribution in [2.75, 3.05) is 12.4 Å². The van der Waals surface area contributed by atoms with Gasteiger partial charge in [-0.25, -0.2) is 14.1 Å². The van der Waals surface area contributed by atoms with Gasteiger partial charge in [-0.3, -0.25) is 14.9 Å². The molecule has 0 radical (unpaired) electrons. The van der Waals surface area contributed by atoms with Crippen LogP contribution in [0.25, 0.3) is 17.1 Å². The predicted molar refractivity (Wildman–Crippen MR) is 114 cm³/mol. The monoisotopic (exact) mass is 433 g/mol. The number of nitrogens with zero attached hydrogens (tertiary/aromatic N) is 4. The number of hydrogen-bond acceptors (Lipinski definition) is 6. The topological polar surface area (TPSA) is 112 Å². The molecule has 4 aromatic rings. The molecule has 0 atom stereocenters. The van der Waals surface area contributed by atoms with Crippen LogP contribution < -0.4 is 10.1 Å². The van der Waals surface area contributed by atoms with Crippen molar-refractivity contribution in [2.45, 2.75) is 0 Å². The molecule has 9 nitrogen and oxygen atoms in total. The van der Waals surface area contributed by atoms with Gasteiger partial charge in [0.1, 0.15) is 11.6 Å². The number of ether oxygens (including phenoxy) is 1. The Hall–Kier alpha value is -4.60. The largest absolute Gasteiger partial charge is 0.497 e. The molecule has 32 heavy (non-hydrogen) atoms. The summed E-state index contributed by atoms with van der Waals surface area (Å²) in [6.45, 7) is 0. The number of carbonyl (C=O) groups excluding carboxylic acids is 1. The fourth-order valence-corrected chi connectivity index (χ4v) is 2.98. The lowest BCUT2D eigenvalue weighted by Gasteiger charge is -2.07. The van der Waals surface area contributed by atoms with E-state index in [1.807, 2.05) is 0 Å². The summed E-state index contributed by atoms with van der Waals surface area (Å²) in [5.74, 6) is -0.263. The van der Waals surface area contributed by atoms with E-state index in [-0.39, 0.29) is 17.2 Å². The molecule has 0 bridgehead atoms. The van der Waals surface area contributed by atoms with E-state index >= 15 is 0 Å². The molecule has 0 aliphatic carbocycles. The van der Waals surface area contributed by atoms with Gasteiger partial charge in [0.05, 0.1) is 17.7 Å². The number of rotatable bonds is 6. The molecule has 0 saturated heterocycles. The van der Waals surface area contributed by atoms with E-state index in [0.29, 0.717) is 22.8 Å². The lowest BCUT2D eigenvalue weighted by Crippen LogP contribution is -2.14. The first-order chi connectivity index (χ1) is 15.4. The standard InChI is InChI=1S/C22H16FN5O4/c1-32-19-11-9-17(10-12-19)27-21(14-5-7-15(23)8-6-14)25-20(26-27)22(29)24-16-3-2-4-18(13-16)28(30)31/h2-13H,1H3,(H,24,29). The molecular weight excluding hydrogens is 417 g/mol. The average molecular weight is 433 g/mol. The summed E-state index contributed by atoms with van der Waals surface area (Å²) in [5.41, 5.74) is 1.22. The molecule has 1 N–H and O–H groups in total. The predicted octanol–water partition coefficient (Wildman–Crippen LogP) is 4.24. The third kappa shape index (κ3) is 4.29. The summed E-state index contributed by atoms with van der Waals surface area (Å²) in [6, 6.07) is 18.1. The highest BCUT2D eigenvalue weighted by Gasteiger charge is 2.20. The molecule has 160 valence electrons. The maximum atomic E-state index is 13.4. The maximum Gasteiger partial charge on any atom is 0.295 e. The number of nitrogens with one attached hydrogen (secondary N) is 1. The molecule has 1 amide bonds. The van der Waals surface area contributed by atoms with Gasteiger partial charge in [0.15, 0.2) is 5.82 Å². The molecule has 0 spiro atoms. The Morgan fingerprint density at radius 1 is 1.09 bits per heavy atom. The first-order valence-electron chi connectivity index (χ1n) is 9.38.